The Labute approximate surface area is 221 Å². The quantitative estimate of drug-likeness (QED) is 0.314. The van der Waals surface area contributed by atoms with Crippen LogP contribution in [0.3, 0.4) is 0 Å². The van der Waals surface area contributed by atoms with Gasteiger partial charge in [0.05, 0.1) is 0 Å². The first-order valence-electron chi connectivity index (χ1n) is 13.3. The van der Waals surface area contributed by atoms with E-state index in [-0.39, 0.29) is 24.1 Å². The second-order valence-electron chi connectivity index (χ2n) is 10.1. The number of carbonyl (C=O) groups excluding carboxylic acids is 3. The molecule has 9 nitrogen and oxygen atoms in total. The lowest BCUT2D eigenvalue weighted by molar-refractivity contribution is -0.136. The maximum Gasteiger partial charge on any atom is 0.255 e. The first-order chi connectivity index (χ1) is 18.5. The number of aromatic nitrogens is 2. The molecule has 0 saturated carbocycles. The number of anilines is 3. The summed E-state index contributed by atoms with van der Waals surface area (Å²) in [6.07, 6.45) is 7.50. The van der Waals surface area contributed by atoms with Gasteiger partial charge in [-0.3, -0.25) is 19.7 Å². The number of aryl methyl sites for hydroxylation is 3. The maximum absolute atomic E-state index is 13.0. The summed E-state index contributed by atoms with van der Waals surface area (Å²) < 4.78 is 0. The number of hydrogen-bond acceptors (Lipinski definition) is 7. The van der Waals surface area contributed by atoms with Gasteiger partial charge < -0.3 is 15.5 Å². The van der Waals surface area contributed by atoms with Crippen LogP contribution in [0.25, 0.3) is 0 Å². The summed E-state index contributed by atoms with van der Waals surface area (Å²) in [5, 5.41) is 9.05. The molecule has 1 aromatic heterocycles. The number of benzene rings is 2. The van der Waals surface area contributed by atoms with Gasteiger partial charge in [0.2, 0.25) is 17.8 Å². The van der Waals surface area contributed by atoms with E-state index in [4.69, 9.17) is 0 Å². The zero-order valence-electron chi connectivity index (χ0n) is 21.1. The Hall–Kier alpha value is -4.27. The van der Waals surface area contributed by atoms with E-state index >= 15 is 0 Å². The van der Waals surface area contributed by atoms with Gasteiger partial charge in [0.25, 0.3) is 5.91 Å². The number of fused-ring (bicyclic) bond motifs is 2. The number of nitrogens with one attached hydrogen (secondary N) is 3. The van der Waals surface area contributed by atoms with Crippen LogP contribution in [0.4, 0.5) is 17.5 Å². The van der Waals surface area contributed by atoms with E-state index in [0.29, 0.717) is 31.0 Å². The van der Waals surface area contributed by atoms with Gasteiger partial charge in [-0.1, -0.05) is 18.2 Å². The van der Waals surface area contributed by atoms with E-state index in [0.717, 1.165) is 48.3 Å². The molecule has 0 radical (unpaired) electrons. The monoisotopic (exact) mass is 510 g/mol. The van der Waals surface area contributed by atoms with E-state index in [1.54, 1.807) is 11.1 Å². The van der Waals surface area contributed by atoms with Crippen molar-refractivity contribution in [3.05, 3.63) is 76.5 Å². The molecule has 38 heavy (non-hydrogen) atoms. The number of piperidine rings is 1. The topological polar surface area (TPSA) is 116 Å². The largest absolute Gasteiger partial charge is 0.370 e. The minimum atomic E-state index is -0.598. The van der Waals surface area contributed by atoms with Gasteiger partial charge in [0.1, 0.15) is 11.9 Å². The molecule has 6 rings (SSSR count). The molecule has 3 aromatic rings. The van der Waals surface area contributed by atoms with Crippen molar-refractivity contribution in [3.63, 3.8) is 0 Å². The number of amides is 3. The van der Waals surface area contributed by atoms with Crippen LogP contribution < -0.4 is 16.0 Å². The van der Waals surface area contributed by atoms with Crippen molar-refractivity contribution in [1.82, 2.24) is 20.2 Å². The highest BCUT2D eigenvalue weighted by molar-refractivity contribution is 6.05. The van der Waals surface area contributed by atoms with Crippen LogP contribution in [-0.4, -0.2) is 45.2 Å². The van der Waals surface area contributed by atoms with Gasteiger partial charge in [0.15, 0.2) is 0 Å². The van der Waals surface area contributed by atoms with Crippen LogP contribution >= 0.6 is 0 Å². The molecule has 1 atom stereocenters. The second kappa shape index (κ2) is 10.2. The van der Waals surface area contributed by atoms with Gasteiger partial charge in [-0.2, -0.15) is 4.98 Å². The number of nitrogens with zero attached hydrogens (tertiary/aromatic N) is 3. The number of rotatable bonds is 8. The molecule has 1 fully saturated rings. The van der Waals surface area contributed by atoms with Gasteiger partial charge >= 0.3 is 0 Å². The predicted molar refractivity (Wildman–Crippen MR) is 143 cm³/mol. The number of hydrogen-bond donors (Lipinski definition) is 3. The minimum Gasteiger partial charge on any atom is -0.370 e. The van der Waals surface area contributed by atoms with Crippen LogP contribution in [0, 0.1) is 0 Å². The fourth-order valence-electron chi connectivity index (χ4n) is 5.68. The predicted octanol–water partition coefficient (Wildman–Crippen LogP) is 3.51. The Bertz CT molecular complexity index is 1420. The van der Waals surface area contributed by atoms with Crippen molar-refractivity contribution in [2.24, 2.45) is 0 Å². The third-order valence-electron chi connectivity index (χ3n) is 7.62. The Balaban J connectivity index is 1.05. The van der Waals surface area contributed by atoms with Crippen LogP contribution in [0.1, 0.15) is 58.3 Å². The molecule has 0 spiro atoms. The Morgan fingerprint density at radius 1 is 1.03 bits per heavy atom. The number of imide groups is 1. The highest BCUT2D eigenvalue weighted by Gasteiger charge is 2.39. The molecule has 1 unspecified atom stereocenters. The van der Waals surface area contributed by atoms with E-state index in [1.165, 1.54) is 17.5 Å². The lowest BCUT2D eigenvalue weighted by Crippen LogP contribution is -2.52. The summed E-state index contributed by atoms with van der Waals surface area (Å²) in [5.41, 5.74) is 6.57. The average molecular weight is 511 g/mol. The van der Waals surface area contributed by atoms with Crippen molar-refractivity contribution in [3.8, 4) is 0 Å². The first-order valence-corrected chi connectivity index (χ1v) is 13.3. The smallest absolute Gasteiger partial charge is 0.255 e. The number of carbonyl (C=O) groups is 3. The SMILES string of the molecule is O=C1CCC(N2Cc3c(CCCNc4ccnc(Nc5ccc6c(c5)CCC6)n4)cccc3C2=O)C(=O)N1. The molecule has 0 bridgehead atoms. The molecule has 194 valence electrons. The third kappa shape index (κ3) is 4.83. The highest BCUT2D eigenvalue weighted by Crippen LogP contribution is 2.30. The molecule has 2 aromatic carbocycles. The Morgan fingerprint density at radius 3 is 2.82 bits per heavy atom. The fraction of sp³-hybridized carbons (Fsp3) is 0.345. The molecule has 3 aliphatic rings. The van der Waals surface area contributed by atoms with E-state index in [1.807, 2.05) is 24.3 Å². The van der Waals surface area contributed by atoms with Crippen molar-refractivity contribution in [1.29, 1.82) is 0 Å². The van der Waals surface area contributed by atoms with Gasteiger partial charge in [-0.25, -0.2) is 4.98 Å². The summed E-state index contributed by atoms with van der Waals surface area (Å²) in [4.78, 5) is 47.5. The molecule has 1 aliphatic carbocycles. The highest BCUT2D eigenvalue weighted by atomic mass is 16.2. The Kier molecular flexibility index (Phi) is 6.49. The average Bonchev–Trinajstić information content (AvgIpc) is 3.51. The molecule has 3 heterocycles. The van der Waals surface area contributed by atoms with Crippen LogP contribution in [0.5, 0.6) is 0 Å². The molecule has 2 aliphatic heterocycles. The molecule has 3 amide bonds. The normalized spacial score (nSPS) is 18.3. The molecule has 1 saturated heterocycles. The lowest BCUT2D eigenvalue weighted by atomic mass is 9.99. The van der Waals surface area contributed by atoms with Crippen LogP contribution in [0.15, 0.2) is 48.7 Å². The molecule has 9 heteroatoms. The Morgan fingerprint density at radius 2 is 1.92 bits per heavy atom. The summed E-state index contributed by atoms with van der Waals surface area (Å²) in [7, 11) is 0. The molecular formula is C29H30N6O3. The van der Waals surface area contributed by atoms with E-state index < -0.39 is 6.04 Å². The van der Waals surface area contributed by atoms with Crippen molar-refractivity contribution in [2.45, 2.75) is 57.5 Å². The van der Waals surface area contributed by atoms with Gasteiger partial charge in [0, 0.05) is 37.0 Å². The van der Waals surface area contributed by atoms with Gasteiger partial charge in [-0.05, 0) is 85.0 Å². The minimum absolute atomic E-state index is 0.140. The molecule has 3 N–H and O–H groups in total. The zero-order valence-corrected chi connectivity index (χ0v) is 21.1. The zero-order chi connectivity index (χ0) is 26.1. The van der Waals surface area contributed by atoms with Crippen LogP contribution in [0.2, 0.25) is 0 Å². The molecular weight excluding hydrogens is 480 g/mol. The van der Waals surface area contributed by atoms with E-state index in [9.17, 15) is 14.4 Å². The summed E-state index contributed by atoms with van der Waals surface area (Å²) in [6.45, 7) is 1.11. The van der Waals surface area contributed by atoms with Crippen LogP contribution in [-0.2, 0) is 35.4 Å². The summed E-state index contributed by atoms with van der Waals surface area (Å²) in [5.74, 6) is 0.502. The van der Waals surface area contributed by atoms with Gasteiger partial charge in [-0.15, -0.1) is 0 Å². The fourth-order valence-corrected chi connectivity index (χ4v) is 5.68. The van der Waals surface area contributed by atoms with Crippen molar-refractivity contribution in [2.75, 3.05) is 17.2 Å². The third-order valence-corrected chi connectivity index (χ3v) is 7.62. The summed E-state index contributed by atoms with van der Waals surface area (Å²) >= 11 is 0. The second-order valence-corrected chi connectivity index (χ2v) is 10.1. The van der Waals surface area contributed by atoms with Crippen molar-refractivity contribution >= 4 is 35.2 Å². The lowest BCUT2D eigenvalue weighted by Gasteiger charge is -2.29. The van der Waals surface area contributed by atoms with Crippen molar-refractivity contribution < 1.29 is 14.4 Å². The first kappa shape index (κ1) is 24.1. The standard InChI is InChI=1S/C29H30N6O3/c36-26-12-11-24(27(37)34-26)35-17-23-19(5-2-8-22(23)28(35)38)7-3-14-30-25-13-15-31-29(33-25)32-21-10-9-18-4-1-6-20(18)16-21/h2,5,8-10,13,15-16,24H,1,3-4,6-7,11-12,14,17H2,(H,34,36,37)(H2,30,31,32,33). The van der Waals surface area contributed by atoms with E-state index in [2.05, 4.69) is 44.1 Å². The summed E-state index contributed by atoms with van der Waals surface area (Å²) in [6, 6.07) is 13.5. The maximum atomic E-state index is 13.0.